The molecule has 7 nitrogen and oxygen atoms in total. The van der Waals surface area contributed by atoms with Crippen LogP contribution >= 0.6 is 0 Å². The fourth-order valence-corrected chi connectivity index (χ4v) is 5.19. The van der Waals surface area contributed by atoms with Gasteiger partial charge in [-0.3, -0.25) is 14.4 Å². The number of amides is 2. The Morgan fingerprint density at radius 1 is 0.786 bits per heavy atom. The van der Waals surface area contributed by atoms with Crippen molar-refractivity contribution in [1.29, 1.82) is 0 Å². The number of hydrogen-bond donors (Lipinski definition) is 2. The van der Waals surface area contributed by atoms with Crippen LogP contribution < -0.4 is 5.32 Å². The van der Waals surface area contributed by atoms with E-state index in [9.17, 15) is 19.5 Å². The molecule has 0 spiro atoms. The van der Waals surface area contributed by atoms with Gasteiger partial charge in [-0.05, 0) is 42.4 Å². The molecule has 42 heavy (non-hydrogen) atoms. The van der Waals surface area contributed by atoms with Crippen LogP contribution in [0.25, 0.3) is 0 Å². The first-order valence-electron chi connectivity index (χ1n) is 14.6. The summed E-state index contributed by atoms with van der Waals surface area (Å²) in [5.74, 6) is -1.70. The standard InChI is InChI=1S/C35H40N2O5/c38-21-20-37(25-29-16-8-3-9-17-29)33(39)24-30-18-10-11-19-31(22-27-12-4-1-5-13-27)35(41)42-26-32(36-34(30)40)23-28-14-6-2-7-15-28/h1-17,30-32,38H,18-26H2,(H,36,40)/t30-,31-,32+/m1/s1. The van der Waals surface area contributed by atoms with Gasteiger partial charge in [0.2, 0.25) is 11.8 Å². The molecule has 7 heteroatoms. The first-order valence-corrected chi connectivity index (χ1v) is 14.6. The average molecular weight is 569 g/mol. The van der Waals surface area contributed by atoms with E-state index in [2.05, 4.69) is 5.32 Å². The monoisotopic (exact) mass is 568 g/mol. The van der Waals surface area contributed by atoms with Crippen LogP contribution in [0, 0.1) is 11.8 Å². The molecule has 0 saturated carbocycles. The number of nitrogens with zero attached hydrogens (tertiary/aromatic N) is 1. The molecule has 0 unspecified atom stereocenters. The molecular weight excluding hydrogens is 528 g/mol. The van der Waals surface area contributed by atoms with Crippen LogP contribution in [0.15, 0.2) is 103 Å². The maximum Gasteiger partial charge on any atom is 0.309 e. The first kappa shape index (κ1) is 30.7. The number of esters is 1. The Balaban J connectivity index is 1.53. The zero-order valence-electron chi connectivity index (χ0n) is 23.9. The minimum Gasteiger partial charge on any atom is -0.463 e. The molecule has 0 fully saturated rings. The quantitative estimate of drug-likeness (QED) is 0.278. The zero-order valence-corrected chi connectivity index (χ0v) is 23.9. The fraction of sp³-hybridized carbons (Fsp3) is 0.343. The van der Waals surface area contributed by atoms with E-state index in [0.717, 1.165) is 16.7 Å². The van der Waals surface area contributed by atoms with Crippen molar-refractivity contribution in [2.24, 2.45) is 11.8 Å². The molecule has 1 aliphatic heterocycles. The van der Waals surface area contributed by atoms with Crippen molar-refractivity contribution in [2.75, 3.05) is 19.8 Å². The summed E-state index contributed by atoms with van der Waals surface area (Å²) in [6, 6.07) is 28.8. The molecule has 2 amide bonds. The Hall–Kier alpha value is -4.23. The van der Waals surface area contributed by atoms with Crippen molar-refractivity contribution in [2.45, 2.75) is 44.7 Å². The van der Waals surface area contributed by atoms with Crippen molar-refractivity contribution >= 4 is 17.8 Å². The summed E-state index contributed by atoms with van der Waals surface area (Å²) in [6.45, 7) is 0.423. The highest BCUT2D eigenvalue weighted by Gasteiger charge is 2.28. The van der Waals surface area contributed by atoms with Gasteiger partial charge in [-0.15, -0.1) is 0 Å². The number of allylic oxidation sites excluding steroid dienone is 2. The summed E-state index contributed by atoms with van der Waals surface area (Å²) in [4.78, 5) is 41.8. The molecule has 0 aliphatic carbocycles. The Labute approximate surface area is 248 Å². The highest BCUT2D eigenvalue weighted by molar-refractivity contribution is 5.86. The highest BCUT2D eigenvalue weighted by Crippen LogP contribution is 2.20. The minimum atomic E-state index is -0.605. The van der Waals surface area contributed by atoms with E-state index in [-0.39, 0.29) is 49.9 Å². The molecule has 0 radical (unpaired) electrons. The normalized spacial score (nSPS) is 19.6. The predicted octanol–water partition coefficient (Wildman–Crippen LogP) is 4.49. The summed E-state index contributed by atoms with van der Waals surface area (Å²) in [6.07, 6.45) is 5.70. The van der Waals surface area contributed by atoms with E-state index in [0.29, 0.717) is 32.2 Å². The number of carbonyl (C=O) groups excluding carboxylic acids is 3. The number of benzene rings is 3. The number of hydrogen-bond acceptors (Lipinski definition) is 5. The topological polar surface area (TPSA) is 95.9 Å². The number of aliphatic hydroxyl groups excluding tert-OH is 1. The van der Waals surface area contributed by atoms with Gasteiger partial charge in [0.15, 0.2) is 0 Å². The number of rotatable bonds is 10. The number of aliphatic hydroxyl groups is 1. The first-order chi connectivity index (χ1) is 20.5. The summed E-state index contributed by atoms with van der Waals surface area (Å²) < 4.78 is 5.80. The van der Waals surface area contributed by atoms with Crippen LogP contribution in [0.4, 0.5) is 0 Å². The Kier molecular flexibility index (Phi) is 11.9. The third kappa shape index (κ3) is 9.70. The van der Waals surface area contributed by atoms with Crippen LogP contribution in [0.2, 0.25) is 0 Å². The van der Waals surface area contributed by atoms with Gasteiger partial charge >= 0.3 is 5.97 Å². The van der Waals surface area contributed by atoms with Gasteiger partial charge < -0.3 is 20.1 Å². The summed E-state index contributed by atoms with van der Waals surface area (Å²) in [5.41, 5.74) is 3.02. The SMILES string of the molecule is O=C1N[C@@H](Cc2ccccc2)COC(=O)[C@@H](Cc2ccccc2)CC=CC[C@@H]1CC(=O)N(CCO)Cc1ccccc1. The number of cyclic esters (lactones) is 1. The van der Waals surface area contributed by atoms with Gasteiger partial charge in [-0.1, -0.05) is 103 Å². The van der Waals surface area contributed by atoms with Crippen LogP contribution in [-0.2, 0) is 38.5 Å². The molecule has 3 aromatic carbocycles. The van der Waals surface area contributed by atoms with E-state index in [1.165, 1.54) is 0 Å². The maximum atomic E-state index is 13.6. The summed E-state index contributed by atoms with van der Waals surface area (Å²) >= 11 is 0. The van der Waals surface area contributed by atoms with Crippen molar-refractivity contribution in [3.8, 4) is 0 Å². The van der Waals surface area contributed by atoms with Crippen molar-refractivity contribution in [1.82, 2.24) is 10.2 Å². The predicted molar refractivity (Wildman–Crippen MR) is 162 cm³/mol. The molecule has 2 N–H and O–H groups in total. The fourth-order valence-electron chi connectivity index (χ4n) is 5.19. The zero-order chi connectivity index (χ0) is 29.6. The smallest absolute Gasteiger partial charge is 0.309 e. The van der Waals surface area contributed by atoms with Gasteiger partial charge in [0.05, 0.1) is 24.5 Å². The van der Waals surface area contributed by atoms with Gasteiger partial charge in [0.1, 0.15) is 6.61 Å². The van der Waals surface area contributed by atoms with Crippen LogP contribution in [0.1, 0.15) is 36.0 Å². The van der Waals surface area contributed by atoms with Gasteiger partial charge in [0, 0.05) is 19.5 Å². The van der Waals surface area contributed by atoms with Crippen molar-refractivity contribution in [3.05, 3.63) is 120 Å². The van der Waals surface area contributed by atoms with Gasteiger partial charge in [-0.2, -0.15) is 0 Å². The minimum absolute atomic E-state index is 0.00823. The van der Waals surface area contributed by atoms with Crippen molar-refractivity contribution in [3.63, 3.8) is 0 Å². The molecule has 0 bridgehead atoms. The lowest BCUT2D eigenvalue weighted by molar-refractivity contribution is -0.150. The molecule has 1 aliphatic rings. The summed E-state index contributed by atoms with van der Waals surface area (Å²) in [5, 5.41) is 12.7. The van der Waals surface area contributed by atoms with Crippen LogP contribution in [-0.4, -0.2) is 53.6 Å². The van der Waals surface area contributed by atoms with Crippen LogP contribution in [0.5, 0.6) is 0 Å². The molecule has 3 aromatic rings. The highest BCUT2D eigenvalue weighted by atomic mass is 16.5. The van der Waals surface area contributed by atoms with E-state index in [1.54, 1.807) is 4.90 Å². The van der Waals surface area contributed by atoms with Crippen LogP contribution in [0.3, 0.4) is 0 Å². The lowest BCUT2D eigenvalue weighted by Gasteiger charge is -2.26. The number of nitrogens with one attached hydrogen (secondary N) is 1. The second-order valence-corrected chi connectivity index (χ2v) is 10.8. The van der Waals surface area contributed by atoms with Gasteiger partial charge in [0.25, 0.3) is 0 Å². The summed E-state index contributed by atoms with van der Waals surface area (Å²) in [7, 11) is 0. The third-order valence-electron chi connectivity index (χ3n) is 7.49. The molecule has 0 aromatic heterocycles. The average Bonchev–Trinajstić information content (AvgIpc) is 3.01. The van der Waals surface area contributed by atoms with E-state index in [4.69, 9.17) is 4.74 Å². The lowest BCUT2D eigenvalue weighted by Crippen LogP contribution is -2.45. The second kappa shape index (κ2) is 16.3. The number of carbonyl (C=O) groups is 3. The van der Waals surface area contributed by atoms with E-state index < -0.39 is 12.0 Å². The largest absolute Gasteiger partial charge is 0.463 e. The Morgan fingerprint density at radius 3 is 1.93 bits per heavy atom. The maximum absolute atomic E-state index is 13.6. The molecule has 3 atom stereocenters. The second-order valence-electron chi connectivity index (χ2n) is 10.8. The number of ether oxygens (including phenoxy) is 1. The van der Waals surface area contributed by atoms with Gasteiger partial charge in [-0.25, -0.2) is 0 Å². The van der Waals surface area contributed by atoms with Crippen molar-refractivity contribution < 1.29 is 24.2 Å². The Bertz CT molecular complexity index is 1300. The van der Waals surface area contributed by atoms with E-state index in [1.807, 2.05) is 103 Å². The molecule has 4 rings (SSSR count). The third-order valence-corrected chi connectivity index (χ3v) is 7.49. The molecule has 220 valence electrons. The lowest BCUT2D eigenvalue weighted by atomic mass is 9.94. The Morgan fingerprint density at radius 2 is 1.33 bits per heavy atom. The molecular formula is C35H40N2O5. The van der Waals surface area contributed by atoms with E-state index >= 15 is 0 Å². The molecule has 1 heterocycles. The molecule has 0 saturated heterocycles.